The number of nitro groups is 1. The van der Waals surface area contributed by atoms with E-state index in [-0.39, 0.29) is 30.5 Å². The van der Waals surface area contributed by atoms with Crippen LogP contribution in [0.1, 0.15) is 71.8 Å². The minimum absolute atomic E-state index is 0.0203. The zero-order valence-corrected chi connectivity index (χ0v) is 16.4. The summed E-state index contributed by atoms with van der Waals surface area (Å²) >= 11 is 0. The molecule has 2 unspecified atom stereocenters. The van der Waals surface area contributed by atoms with E-state index in [1.54, 1.807) is 18.2 Å². The summed E-state index contributed by atoms with van der Waals surface area (Å²) in [7, 11) is 0. The van der Waals surface area contributed by atoms with Gasteiger partial charge in [-0.05, 0) is 31.7 Å². The lowest BCUT2D eigenvalue weighted by molar-refractivity contribution is -0.385. The molecule has 0 aromatic heterocycles. The molecule has 1 amide bonds. The molecule has 1 rings (SSSR count). The number of rotatable bonds is 11. The maximum absolute atomic E-state index is 12.9. The van der Waals surface area contributed by atoms with Crippen molar-refractivity contribution in [1.29, 1.82) is 0 Å². The van der Waals surface area contributed by atoms with Crippen LogP contribution in [0.3, 0.4) is 0 Å². The molecule has 0 heterocycles. The van der Waals surface area contributed by atoms with Crippen molar-refractivity contribution >= 4 is 11.8 Å². The number of carbonyl (C=O) groups excluding carboxylic acids is 1. The molecule has 6 heteroatoms. The van der Waals surface area contributed by atoms with E-state index < -0.39 is 4.92 Å². The topological polar surface area (TPSA) is 72.7 Å². The van der Waals surface area contributed by atoms with E-state index in [0.29, 0.717) is 5.56 Å². The van der Waals surface area contributed by atoms with Gasteiger partial charge >= 0.3 is 6.09 Å². The van der Waals surface area contributed by atoms with Crippen molar-refractivity contribution in [3.63, 3.8) is 0 Å². The third kappa shape index (κ3) is 6.00. The Morgan fingerprint density at radius 3 is 2.08 bits per heavy atom. The van der Waals surface area contributed by atoms with Crippen LogP contribution < -0.4 is 0 Å². The predicted octanol–water partition coefficient (Wildman–Crippen LogP) is 5.69. The molecule has 2 atom stereocenters. The Morgan fingerprint density at radius 2 is 1.62 bits per heavy atom. The number of nitro benzene ring substituents is 1. The summed E-state index contributed by atoms with van der Waals surface area (Å²) in [6.45, 7) is 8.31. The number of carbonyl (C=O) groups is 1. The third-order valence-electron chi connectivity index (χ3n) is 4.72. The highest BCUT2D eigenvalue weighted by Gasteiger charge is 2.29. The molecule has 0 aliphatic rings. The van der Waals surface area contributed by atoms with Crippen LogP contribution in [-0.4, -0.2) is 28.0 Å². The molecule has 0 fully saturated rings. The van der Waals surface area contributed by atoms with Crippen LogP contribution in [0.15, 0.2) is 24.3 Å². The number of nitrogens with zero attached hydrogens (tertiary/aromatic N) is 2. The fourth-order valence-electron chi connectivity index (χ4n) is 3.37. The van der Waals surface area contributed by atoms with Gasteiger partial charge < -0.3 is 9.64 Å². The van der Waals surface area contributed by atoms with Crippen LogP contribution in [0.25, 0.3) is 0 Å². The van der Waals surface area contributed by atoms with E-state index in [1.165, 1.54) is 6.07 Å². The Hall–Kier alpha value is -2.11. The van der Waals surface area contributed by atoms with Gasteiger partial charge in [0.25, 0.3) is 5.69 Å². The molecule has 0 saturated heterocycles. The Bertz CT molecular complexity index is 563. The molecule has 0 saturated carbocycles. The molecule has 0 radical (unpaired) electrons. The quantitative estimate of drug-likeness (QED) is 0.373. The van der Waals surface area contributed by atoms with Crippen molar-refractivity contribution in [2.24, 2.45) is 0 Å². The van der Waals surface area contributed by atoms with E-state index in [4.69, 9.17) is 4.74 Å². The van der Waals surface area contributed by atoms with Gasteiger partial charge in [0.1, 0.15) is 6.61 Å². The van der Waals surface area contributed by atoms with Crippen molar-refractivity contribution in [3.8, 4) is 0 Å². The van der Waals surface area contributed by atoms with Crippen molar-refractivity contribution < 1.29 is 14.5 Å². The summed E-state index contributed by atoms with van der Waals surface area (Å²) in [5, 5.41) is 11.1. The first-order valence-electron chi connectivity index (χ1n) is 9.67. The monoisotopic (exact) mass is 364 g/mol. The van der Waals surface area contributed by atoms with Crippen LogP contribution in [0.4, 0.5) is 10.5 Å². The molecule has 26 heavy (non-hydrogen) atoms. The second-order valence-corrected chi connectivity index (χ2v) is 6.55. The van der Waals surface area contributed by atoms with Crippen molar-refractivity contribution in [1.82, 2.24) is 4.90 Å². The van der Waals surface area contributed by atoms with Gasteiger partial charge in [-0.15, -0.1) is 0 Å². The van der Waals surface area contributed by atoms with Crippen LogP contribution in [0.5, 0.6) is 0 Å². The van der Waals surface area contributed by atoms with Crippen LogP contribution >= 0.6 is 0 Å². The summed E-state index contributed by atoms with van der Waals surface area (Å²) in [5.41, 5.74) is 0.394. The fourth-order valence-corrected chi connectivity index (χ4v) is 3.37. The standard InChI is InChI=1S/C20H32N2O4/c1-5-11-17(7-3)21(18(8-4)12-6-2)20(23)26-15-16-13-9-10-14-19(16)22(24)25/h9-10,13-14,17-18H,5-8,11-12,15H2,1-4H3. The van der Waals surface area contributed by atoms with Gasteiger partial charge in [0, 0.05) is 18.2 Å². The highest BCUT2D eigenvalue weighted by Crippen LogP contribution is 2.23. The summed E-state index contributed by atoms with van der Waals surface area (Å²) in [6, 6.07) is 6.65. The number of ether oxygens (including phenoxy) is 1. The second kappa shape index (κ2) is 11.5. The number of hydrogen-bond acceptors (Lipinski definition) is 4. The molecule has 0 spiro atoms. The normalized spacial score (nSPS) is 13.1. The molecule has 6 nitrogen and oxygen atoms in total. The number of amides is 1. The van der Waals surface area contributed by atoms with Gasteiger partial charge in [-0.2, -0.15) is 0 Å². The van der Waals surface area contributed by atoms with E-state index >= 15 is 0 Å². The summed E-state index contributed by atoms with van der Waals surface area (Å²) in [4.78, 5) is 25.4. The van der Waals surface area contributed by atoms with E-state index in [1.807, 2.05) is 4.90 Å². The SMILES string of the molecule is CCCC(CC)N(C(=O)OCc1ccccc1[N+](=O)[O-])C(CC)CCC. The maximum atomic E-state index is 12.9. The van der Waals surface area contributed by atoms with Gasteiger partial charge in [0.15, 0.2) is 0 Å². The van der Waals surface area contributed by atoms with Gasteiger partial charge in [-0.3, -0.25) is 10.1 Å². The van der Waals surface area contributed by atoms with Gasteiger partial charge in [0.2, 0.25) is 0 Å². The van der Waals surface area contributed by atoms with Gasteiger partial charge in [-0.1, -0.05) is 52.7 Å². The van der Waals surface area contributed by atoms with Crippen molar-refractivity contribution in [3.05, 3.63) is 39.9 Å². The number of benzene rings is 1. The number of para-hydroxylation sites is 1. The number of hydrogen-bond donors (Lipinski definition) is 0. The van der Waals surface area contributed by atoms with E-state index in [2.05, 4.69) is 27.7 Å². The molecule has 0 aliphatic carbocycles. The van der Waals surface area contributed by atoms with Crippen molar-refractivity contribution in [2.75, 3.05) is 0 Å². The van der Waals surface area contributed by atoms with Crippen LogP contribution in [0.2, 0.25) is 0 Å². The lowest BCUT2D eigenvalue weighted by Gasteiger charge is -2.36. The average molecular weight is 364 g/mol. The Kier molecular flexibility index (Phi) is 9.70. The highest BCUT2D eigenvalue weighted by atomic mass is 16.6. The van der Waals surface area contributed by atoms with Crippen molar-refractivity contribution in [2.45, 2.75) is 84.9 Å². The lowest BCUT2D eigenvalue weighted by Crippen LogP contribution is -2.47. The lowest BCUT2D eigenvalue weighted by atomic mass is 10.0. The minimum atomic E-state index is -0.446. The van der Waals surface area contributed by atoms with E-state index in [9.17, 15) is 14.9 Å². The highest BCUT2D eigenvalue weighted by molar-refractivity contribution is 5.68. The van der Waals surface area contributed by atoms with Gasteiger partial charge in [0.05, 0.1) is 10.5 Å². The third-order valence-corrected chi connectivity index (χ3v) is 4.72. The summed E-state index contributed by atoms with van der Waals surface area (Å²) in [5.74, 6) is 0. The molecular formula is C20H32N2O4. The molecular weight excluding hydrogens is 332 g/mol. The Morgan fingerprint density at radius 1 is 1.08 bits per heavy atom. The minimum Gasteiger partial charge on any atom is -0.444 e. The molecule has 0 aliphatic heterocycles. The van der Waals surface area contributed by atoms with Gasteiger partial charge in [-0.25, -0.2) is 4.79 Å². The molecule has 0 bridgehead atoms. The largest absolute Gasteiger partial charge is 0.444 e. The molecule has 146 valence electrons. The molecule has 0 N–H and O–H groups in total. The predicted molar refractivity (Wildman–Crippen MR) is 103 cm³/mol. The smallest absolute Gasteiger partial charge is 0.410 e. The first-order chi connectivity index (χ1) is 12.5. The molecule has 1 aromatic rings. The first-order valence-corrected chi connectivity index (χ1v) is 9.67. The van der Waals surface area contributed by atoms with E-state index in [0.717, 1.165) is 38.5 Å². The average Bonchev–Trinajstić information content (AvgIpc) is 2.65. The Balaban J connectivity index is 2.96. The van der Waals surface area contributed by atoms with Crippen LogP contribution in [-0.2, 0) is 11.3 Å². The molecule has 1 aromatic carbocycles. The fraction of sp³-hybridized carbons (Fsp3) is 0.650. The zero-order chi connectivity index (χ0) is 19.5. The Labute approximate surface area is 156 Å². The first kappa shape index (κ1) is 21.9. The second-order valence-electron chi connectivity index (χ2n) is 6.55. The summed E-state index contributed by atoms with van der Waals surface area (Å²) < 4.78 is 5.52. The maximum Gasteiger partial charge on any atom is 0.410 e. The van der Waals surface area contributed by atoms with Crippen LogP contribution in [0, 0.1) is 10.1 Å². The zero-order valence-electron chi connectivity index (χ0n) is 16.4. The summed E-state index contributed by atoms with van der Waals surface area (Å²) in [6.07, 6.45) is 5.21.